The van der Waals surface area contributed by atoms with Gasteiger partial charge in [0.1, 0.15) is 5.01 Å². The van der Waals surface area contributed by atoms with Gasteiger partial charge in [-0.25, -0.2) is 4.98 Å². The second-order valence-corrected chi connectivity index (χ2v) is 7.80. The zero-order chi connectivity index (χ0) is 24.0. The standard InChI is InChI=1S/C22H19F3N4O3S/c1-13(30)27-16-6-8-17(9-7-16)28-20(32)19(31)26-11-10-18-12-33-21(29-18)14-2-4-15(5-3-14)22(23,24)25/h2-9,12H,10-11H2,1H3,(H,26,31)(H,27,30)(H,28,32). The molecule has 0 aliphatic heterocycles. The van der Waals surface area contributed by atoms with Gasteiger partial charge in [-0.15, -0.1) is 11.3 Å². The van der Waals surface area contributed by atoms with E-state index in [4.69, 9.17) is 0 Å². The number of benzene rings is 2. The van der Waals surface area contributed by atoms with Crippen molar-refractivity contribution in [2.45, 2.75) is 19.5 Å². The van der Waals surface area contributed by atoms with Gasteiger partial charge in [0.2, 0.25) is 5.91 Å². The van der Waals surface area contributed by atoms with E-state index in [-0.39, 0.29) is 12.5 Å². The van der Waals surface area contributed by atoms with Crippen molar-refractivity contribution in [3.63, 3.8) is 0 Å². The van der Waals surface area contributed by atoms with Crippen LogP contribution in [0.3, 0.4) is 0 Å². The summed E-state index contributed by atoms with van der Waals surface area (Å²) in [7, 11) is 0. The van der Waals surface area contributed by atoms with Gasteiger partial charge in [-0.3, -0.25) is 14.4 Å². The first-order chi connectivity index (χ1) is 15.6. The maximum atomic E-state index is 12.7. The molecule has 0 bridgehead atoms. The first-order valence-corrected chi connectivity index (χ1v) is 10.6. The van der Waals surface area contributed by atoms with E-state index < -0.39 is 23.6 Å². The summed E-state index contributed by atoms with van der Waals surface area (Å²) in [5, 5.41) is 9.85. The normalized spacial score (nSPS) is 11.0. The molecule has 1 aromatic heterocycles. The van der Waals surface area contributed by atoms with Gasteiger partial charge in [0.25, 0.3) is 0 Å². The van der Waals surface area contributed by atoms with Crippen molar-refractivity contribution in [1.82, 2.24) is 10.3 Å². The van der Waals surface area contributed by atoms with Crippen LogP contribution in [-0.2, 0) is 27.0 Å². The molecule has 0 aliphatic carbocycles. The second kappa shape index (κ2) is 10.3. The Labute approximate surface area is 191 Å². The van der Waals surface area contributed by atoms with Gasteiger partial charge in [-0.05, 0) is 36.4 Å². The number of rotatable bonds is 6. The van der Waals surface area contributed by atoms with E-state index in [0.717, 1.165) is 12.1 Å². The van der Waals surface area contributed by atoms with Crippen LogP contribution in [0, 0.1) is 0 Å². The first kappa shape index (κ1) is 23.9. The van der Waals surface area contributed by atoms with E-state index >= 15 is 0 Å². The maximum Gasteiger partial charge on any atom is 0.416 e. The highest BCUT2D eigenvalue weighted by Crippen LogP contribution is 2.31. The Morgan fingerprint density at radius 3 is 2.09 bits per heavy atom. The third-order valence-electron chi connectivity index (χ3n) is 4.35. The van der Waals surface area contributed by atoms with Crippen LogP contribution in [-0.4, -0.2) is 29.3 Å². The summed E-state index contributed by atoms with van der Waals surface area (Å²) >= 11 is 1.28. The van der Waals surface area contributed by atoms with Crippen molar-refractivity contribution in [2.24, 2.45) is 0 Å². The topological polar surface area (TPSA) is 100 Å². The first-order valence-electron chi connectivity index (χ1n) is 9.70. The molecule has 0 radical (unpaired) electrons. The lowest BCUT2D eigenvalue weighted by molar-refractivity contribution is -0.137. The highest BCUT2D eigenvalue weighted by Gasteiger charge is 2.30. The molecule has 3 rings (SSSR count). The van der Waals surface area contributed by atoms with Crippen LogP contribution in [0.2, 0.25) is 0 Å². The summed E-state index contributed by atoms with van der Waals surface area (Å²) in [5.41, 5.74) is 1.43. The molecule has 3 amide bonds. The molecule has 33 heavy (non-hydrogen) atoms. The Balaban J connectivity index is 1.47. The van der Waals surface area contributed by atoms with Gasteiger partial charge in [-0.2, -0.15) is 13.2 Å². The lowest BCUT2D eigenvalue weighted by atomic mass is 10.1. The number of alkyl halides is 3. The van der Waals surface area contributed by atoms with Crippen molar-refractivity contribution in [2.75, 3.05) is 17.2 Å². The van der Waals surface area contributed by atoms with Crippen LogP contribution in [0.4, 0.5) is 24.5 Å². The molecule has 1 heterocycles. The summed E-state index contributed by atoms with van der Waals surface area (Å²) in [6.07, 6.45) is -4.05. The number of carbonyl (C=O) groups is 3. The predicted molar refractivity (Wildman–Crippen MR) is 119 cm³/mol. The Bertz CT molecular complexity index is 1140. The molecular formula is C22H19F3N4O3S. The van der Waals surface area contributed by atoms with Gasteiger partial charge >= 0.3 is 18.0 Å². The Morgan fingerprint density at radius 2 is 1.52 bits per heavy atom. The predicted octanol–water partition coefficient (Wildman–Crippen LogP) is 4.08. The van der Waals surface area contributed by atoms with Gasteiger partial charge in [0, 0.05) is 42.2 Å². The van der Waals surface area contributed by atoms with Crippen LogP contribution in [0.1, 0.15) is 18.2 Å². The Hall–Kier alpha value is -3.73. The van der Waals surface area contributed by atoms with Crippen molar-refractivity contribution >= 4 is 40.4 Å². The molecule has 7 nitrogen and oxygen atoms in total. The smallest absolute Gasteiger partial charge is 0.347 e. The van der Waals surface area contributed by atoms with E-state index in [0.29, 0.717) is 34.1 Å². The number of nitrogens with one attached hydrogen (secondary N) is 3. The number of thiazole rings is 1. The molecule has 0 atom stereocenters. The molecule has 0 fully saturated rings. The van der Waals surface area contributed by atoms with Gasteiger partial charge in [0.05, 0.1) is 11.3 Å². The van der Waals surface area contributed by atoms with Crippen LogP contribution in [0.5, 0.6) is 0 Å². The largest absolute Gasteiger partial charge is 0.416 e. The zero-order valence-corrected chi connectivity index (χ0v) is 18.1. The molecule has 2 aromatic carbocycles. The van der Waals surface area contributed by atoms with E-state index in [9.17, 15) is 27.6 Å². The van der Waals surface area contributed by atoms with Crippen molar-refractivity contribution in [1.29, 1.82) is 0 Å². The maximum absolute atomic E-state index is 12.7. The molecule has 0 aliphatic rings. The summed E-state index contributed by atoms with van der Waals surface area (Å²) < 4.78 is 38.0. The number of hydrogen-bond donors (Lipinski definition) is 3. The summed E-state index contributed by atoms with van der Waals surface area (Å²) in [4.78, 5) is 39.4. The van der Waals surface area contributed by atoms with E-state index in [1.165, 1.54) is 30.4 Å². The van der Waals surface area contributed by atoms with Gasteiger partial charge in [0.15, 0.2) is 0 Å². The Morgan fingerprint density at radius 1 is 0.909 bits per heavy atom. The fourth-order valence-electron chi connectivity index (χ4n) is 2.77. The minimum absolute atomic E-state index is 0.157. The number of amides is 3. The highest BCUT2D eigenvalue weighted by molar-refractivity contribution is 7.13. The summed E-state index contributed by atoms with van der Waals surface area (Å²) in [6.45, 7) is 1.53. The molecule has 3 aromatic rings. The average Bonchev–Trinajstić information content (AvgIpc) is 3.23. The average molecular weight is 476 g/mol. The molecule has 3 N–H and O–H groups in total. The van der Waals surface area contributed by atoms with Crippen LogP contribution < -0.4 is 16.0 Å². The molecule has 11 heteroatoms. The number of halogens is 3. The summed E-state index contributed by atoms with van der Waals surface area (Å²) in [5.74, 6) is -1.89. The lowest BCUT2D eigenvalue weighted by Crippen LogP contribution is -2.36. The molecule has 0 saturated heterocycles. The van der Waals surface area contributed by atoms with Crippen molar-refractivity contribution < 1.29 is 27.6 Å². The van der Waals surface area contributed by atoms with Crippen molar-refractivity contribution in [3.8, 4) is 10.6 Å². The molecule has 0 saturated carbocycles. The number of hydrogen-bond acceptors (Lipinski definition) is 5. The Kier molecular flexibility index (Phi) is 7.44. The minimum Gasteiger partial charge on any atom is -0.347 e. The molecule has 0 spiro atoms. The van der Waals surface area contributed by atoms with Crippen LogP contribution >= 0.6 is 11.3 Å². The van der Waals surface area contributed by atoms with Crippen molar-refractivity contribution in [3.05, 3.63) is 65.2 Å². The number of anilines is 2. The fourth-order valence-corrected chi connectivity index (χ4v) is 3.63. The summed E-state index contributed by atoms with van der Waals surface area (Å²) in [6, 6.07) is 11.0. The quantitative estimate of drug-likeness (QED) is 0.467. The third-order valence-corrected chi connectivity index (χ3v) is 5.29. The second-order valence-electron chi connectivity index (χ2n) is 6.94. The number of aromatic nitrogens is 1. The monoisotopic (exact) mass is 476 g/mol. The fraction of sp³-hybridized carbons (Fsp3) is 0.182. The zero-order valence-electron chi connectivity index (χ0n) is 17.3. The highest BCUT2D eigenvalue weighted by atomic mass is 32.1. The minimum atomic E-state index is -4.40. The van der Waals surface area contributed by atoms with Crippen LogP contribution in [0.25, 0.3) is 10.6 Å². The number of nitrogens with zero attached hydrogens (tertiary/aromatic N) is 1. The molecule has 0 unspecified atom stereocenters. The van der Waals surface area contributed by atoms with Gasteiger partial charge < -0.3 is 16.0 Å². The van der Waals surface area contributed by atoms with E-state index in [1.807, 2.05) is 0 Å². The molecule has 172 valence electrons. The third kappa shape index (κ3) is 6.88. The lowest BCUT2D eigenvalue weighted by Gasteiger charge is -2.07. The molecular weight excluding hydrogens is 457 g/mol. The number of carbonyl (C=O) groups excluding carboxylic acids is 3. The van der Waals surface area contributed by atoms with E-state index in [2.05, 4.69) is 20.9 Å². The SMILES string of the molecule is CC(=O)Nc1ccc(NC(=O)C(=O)NCCc2csc(-c3ccc(C(F)(F)F)cc3)n2)cc1. The van der Waals surface area contributed by atoms with E-state index in [1.54, 1.807) is 29.6 Å². The van der Waals surface area contributed by atoms with Gasteiger partial charge in [-0.1, -0.05) is 12.1 Å². The van der Waals surface area contributed by atoms with Crippen LogP contribution in [0.15, 0.2) is 53.9 Å².